The lowest BCUT2D eigenvalue weighted by molar-refractivity contribution is 0.354. The molecule has 3 nitrogen and oxygen atoms in total. The highest BCUT2D eigenvalue weighted by molar-refractivity contribution is 9.10. The molecule has 0 aromatic heterocycles. The van der Waals surface area contributed by atoms with Crippen molar-refractivity contribution in [1.29, 1.82) is 0 Å². The molecule has 0 fully saturated rings. The Kier molecular flexibility index (Phi) is 5.65. The summed E-state index contributed by atoms with van der Waals surface area (Å²) in [6, 6.07) is 14.6. The predicted molar refractivity (Wildman–Crippen MR) is 88.9 cm³/mol. The fourth-order valence-corrected chi connectivity index (χ4v) is 2.57. The van der Waals surface area contributed by atoms with E-state index in [2.05, 4.69) is 40.3 Å². The molecule has 0 spiro atoms. The zero-order valence-electron chi connectivity index (χ0n) is 12.5. The normalized spacial score (nSPS) is 12.0. The predicted octanol–water partition coefficient (Wildman–Crippen LogP) is 4.32. The van der Waals surface area contributed by atoms with Crippen molar-refractivity contribution in [3.63, 3.8) is 0 Å². The Morgan fingerprint density at radius 3 is 2.48 bits per heavy atom. The van der Waals surface area contributed by atoms with Crippen LogP contribution in [0.25, 0.3) is 0 Å². The molecule has 0 unspecified atom stereocenters. The second-order valence-electron chi connectivity index (χ2n) is 4.85. The molecule has 0 saturated carbocycles. The van der Waals surface area contributed by atoms with Gasteiger partial charge in [0.25, 0.3) is 0 Å². The topological polar surface area (TPSA) is 30.5 Å². The van der Waals surface area contributed by atoms with Gasteiger partial charge in [-0.05, 0) is 42.3 Å². The average molecular weight is 350 g/mol. The Morgan fingerprint density at radius 1 is 1.05 bits per heavy atom. The highest BCUT2D eigenvalue weighted by atomic mass is 79.9. The molecule has 0 amide bonds. The van der Waals surface area contributed by atoms with E-state index in [4.69, 9.17) is 9.47 Å². The van der Waals surface area contributed by atoms with Crippen molar-refractivity contribution in [3.8, 4) is 11.5 Å². The molecule has 2 aromatic carbocycles. The van der Waals surface area contributed by atoms with Crippen LogP contribution in [-0.4, -0.2) is 14.2 Å². The highest BCUT2D eigenvalue weighted by Gasteiger charge is 2.07. The van der Waals surface area contributed by atoms with Crippen molar-refractivity contribution in [2.75, 3.05) is 14.2 Å². The molecule has 0 heterocycles. The third-order valence-corrected chi connectivity index (χ3v) is 3.90. The van der Waals surface area contributed by atoms with E-state index >= 15 is 0 Å². The molecular weight excluding hydrogens is 330 g/mol. The first kappa shape index (κ1) is 15.9. The first-order valence-electron chi connectivity index (χ1n) is 6.83. The molecule has 0 radical (unpaired) electrons. The SMILES string of the molecule is COc1ccc(CN[C@@H](C)c2cccc(Br)c2)cc1OC. The van der Waals surface area contributed by atoms with Crippen LogP contribution in [0, 0.1) is 0 Å². The number of rotatable bonds is 6. The van der Waals surface area contributed by atoms with Gasteiger partial charge in [0.2, 0.25) is 0 Å². The first-order chi connectivity index (χ1) is 10.1. The molecule has 1 atom stereocenters. The fourth-order valence-electron chi connectivity index (χ4n) is 2.16. The maximum atomic E-state index is 5.33. The standard InChI is InChI=1S/C17H20BrNO2/c1-12(14-5-4-6-15(18)10-14)19-11-13-7-8-16(20-2)17(9-13)21-3/h4-10,12,19H,11H2,1-3H3/t12-/m0/s1. The van der Waals surface area contributed by atoms with Gasteiger partial charge in [-0.2, -0.15) is 0 Å². The number of hydrogen-bond donors (Lipinski definition) is 1. The Bertz CT molecular complexity index is 601. The minimum Gasteiger partial charge on any atom is -0.493 e. The zero-order valence-corrected chi connectivity index (χ0v) is 14.1. The molecule has 1 N–H and O–H groups in total. The first-order valence-corrected chi connectivity index (χ1v) is 7.63. The van der Waals surface area contributed by atoms with Gasteiger partial charge in [0.1, 0.15) is 0 Å². The fraction of sp³-hybridized carbons (Fsp3) is 0.294. The lowest BCUT2D eigenvalue weighted by Gasteiger charge is -2.15. The summed E-state index contributed by atoms with van der Waals surface area (Å²) in [6.45, 7) is 2.93. The van der Waals surface area contributed by atoms with Crippen LogP contribution in [0.3, 0.4) is 0 Å². The van der Waals surface area contributed by atoms with Gasteiger partial charge < -0.3 is 14.8 Å². The van der Waals surface area contributed by atoms with Crippen LogP contribution in [0.15, 0.2) is 46.9 Å². The van der Waals surface area contributed by atoms with Gasteiger partial charge in [-0.1, -0.05) is 34.1 Å². The molecule has 0 aliphatic heterocycles. The smallest absolute Gasteiger partial charge is 0.161 e. The summed E-state index contributed by atoms with van der Waals surface area (Å²) in [5.41, 5.74) is 2.42. The quantitative estimate of drug-likeness (QED) is 0.842. The highest BCUT2D eigenvalue weighted by Crippen LogP contribution is 2.27. The van der Waals surface area contributed by atoms with E-state index in [9.17, 15) is 0 Å². The molecule has 112 valence electrons. The van der Waals surface area contributed by atoms with Crippen molar-refractivity contribution in [2.24, 2.45) is 0 Å². The Morgan fingerprint density at radius 2 is 1.81 bits per heavy atom. The lowest BCUT2D eigenvalue weighted by Crippen LogP contribution is -2.18. The van der Waals surface area contributed by atoms with Gasteiger partial charge in [0, 0.05) is 17.1 Å². The zero-order chi connectivity index (χ0) is 15.2. The molecule has 0 bridgehead atoms. The summed E-state index contributed by atoms with van der Waals surface area (Å²) in [5.74, 6) is 1.51. The number of hydrogen-bond acceptors (Lipinski definition) is 3. The van der Waals surface area contributed by atoms with Crippen LogP contribution in [-0.2, 0) is 6.54 Å². The number of methoxy groups -OCH3 is 2. The van der Waals surface area contributed by atoms with E-state index in [-0.39, 0.29) is 6.04 Å². The van der Waals surface area contributed by atoms with E-state index < -0.39 is 0 Å². The van der Waals surface area contributed by atoms with E-state index in [0.717, 1.165) is 28.1 Å². The summed E-state index contributed by atoms with van der Waals surface area (Å²) >= 11 is 3.50. The maximum absolute atomic E-state index is 5.33. The summed E-state index contributed by atoms with van der Waals surface area (Å²) in [6.07, 6.45) is 0. The van der Waals surface area contributed by atoms with E-state index in [0.29, 0.717) is 0 Å². The summed E-state index contributed by atoms with van der Waals surface area (Å²) in [7, 11) is 3.30. The Balaban J connectivity index is 2.02. The molecule has 0 saturated heterocycles. The summed E-state index contributed by atoms with van der Waals surface area (Å²) in [4.78, 5) is 0. The second kappa shape index (κ2) is 7.48. The van der Waals surface area contributed by atoms with Gasteiger partial charge in [-0.15, -0.1) is 0 Å². The molecular formula is C17H20BrNO2. The van der Waals surface area contributed by atoms with Crippen molar-refractivity contribution in [3.05, 3.63) is 58.1 Å². The third-order valence-electron chi connectivity index (χ3n) is 3.41. The van der Waals surface area contributed by atoms with E-state index in [1.165, 1.54) is 5.56 Å². The molecule has 2 rings (SSSR count). The van der Waals surface area contributed by atoms with Gasteiger partial charge in [-0.3, -0.25) is 0 Å². The summed E-state index contributed by atoms with van der Waals surface area (Å²) in [5, 5.41) is 3.51. The van der Waals surface area contributed by atoms with Crippen molar-refractivity contribution >= 4 is 15.9 Å². The molecule has 0 aliphatic carbocycles. The van der Waals surface area contributed by atoms with Crippen LogP contribution < -0.4 is 14.8 Å². The second-order valence-corrected chi connectivity index (χ2v) is 5.76. The van der Waals surface area contributed by atoms with Gasteiger partial charge in [-0.25, -0.2) is 0 Å². The lowest BCUT2D eigenvalue weighted by atomic mass is 10.1. The largest absolute Gasteiger partial charge is 0.493 e. The van der Waals surface area contributed by atoms with Crippen LogP contribution >= 0.6 is 15.9 Å². The van der Waals surface area contributed by atoms with Crippen molar-refractivity contribution in [1.82, 2.24) is 5.32 Å². The average Bonchev–Trinajstić information content (AvgIpc) is 2.52. The number of benzene rings is 2. The number of halogens is 1. The van der Waals surface area contributed by atoms with Crippen LogP contribution in [0.1, 0.15) is 24.1 Å². The molecule has 2 aromatic rings. The minimum atomic E-state index is 0.274. The number of nitrogens with one attached hydrogen (secondary N) is 1. The number of ether oxygens (including phenoxy) is 2. The minimum absolute atomic E-state index is 0.274. The Hall–Kier alpha value is -1.52. The van der Waals surface area contributed by atoms with Gasteiger partial charge in [0.05, 0.1) is 14.2 Å². The van der Waals surface area contributed by atoms with E-state index in [1.54, 1.807) is 14.2 Å². The monoisotopic (exact) mass is 349 g/mol. The van der Waals surface area contributed by atoms with E-state index in [1.807, 2.05) is 30.3 Å². The third kappa shape index (κ3) is 4.22. The van der Waals surface area contributed by atoms with Gasteiger partial charge >= 0.3 is 0 Å². The summed E-state index contributed by atoms with van der Waals surface area (Å²) < 4.78 is 11.7. The van der Waals surface area contributed by atoms with Crippen LogP contribution in [0.4, 0.5) is 0 Å². The molecule has 21 heavy (non-hydrogen) atoms. The molecule has 4 heteroatoms. The van der Waals surface area contributed by atoms with Gasteiger partial charge in [0.15, 0.2) is 11.5 Å². The van der Waals surface area contributed by atoms with Crippen LogP contribution in [0.2, 0.25) is 0 Å². The Labute approximate surface area is 134 Å². The maximum Gasteiger partial charge on any atom is 0.161 e. The molecule has 0 aliphatic rings. The van der Waals surface area contributed by atoms with Crippen LogP contribution in [0.5, 0.6) is 11.5 Å². The van der Waals surface area contributed by atoms with Crippen molar-refractivity contribution in [2.45, 2.75) is 19.5 Å². The van der Waals surface area contributed by atoms with Crippen molar-refractivity contribution < 1.29 is 9.47 Å².